The maximum Gasteiger partial charge on any atom is 0.338 e. The highest BCUT2D eigenvalue weighted by Crippen LogP contribution is 2.24. The number of carbonyl (C=O) groups is 2. The number of halogens is 1. The van der Waals surface area contributed by atoms with E-state index in [1.165, 1.54) is 0 Å². The third kappa shape index (κ3) is 5.45. The van der Waals surface area contributed by atoms with Crippen molar-refractivity contribution in [3.05, 3.63) is 58.1 Å². The number of hydrogen-bond acceptors (Lipinski definition) is 3. The summed E-state index contributed by atoms with van der Waals surface area (Å²) in [7, 11) is 0. The van der Waals surface area contributed by atoms with Gasteiger partial charge in [-0.2, -0.15) is 0 Å². The largest absolute Gasteiger partial charge is 0.454 e. The number of carbonyl (C=O) groups excluding carboxylic acids is 2. The van der Waals surface area contributed by atoms with E-state index in [0.717, 1.165) is 30.2 Å². The molecule has 0 amide bonds. The van der Waals surface area contributed by atoms with Gasteiger partial charge < -0.3 is 4.74 Å². The van der Waals surface area contributed by atoms with E-state index in [1.54, 1.807) is 24.3 Å². The van der Waals surface area contributed by atoms with Gasteiger partial charge in [0.15, 0.2) is 5.78 Å². The van der Waals surface area contributed by atoms with Crippen molar-refractivity contribution in [1.29, 1.82) is 0 Å². The molecule has 0 N–H and O–H groups in total. The van der Waals surface area contributed by atoms with E-state index in [2.05, 4.69) is 35.0 Å². The second kappa shape index (κ2) is 9.58. The summed E-state index contributed by atoms with van der Waals surface area (Å²) in [6.45, 7) is 2.08. The first kappa shape index (κ1) is 18.7. The van der Waals surface area contributed by atoms with Gasteiger partial charge in [0, 0.05) is 16.5 Å². The average molecular weight is 391 g/mol. The third-order valence-corrected chi connectivity index (χ3v) is 4.50. The van der Waals surface area contributed by atoms with Crippen molar-refractivity contribution in [3.8, 4) is 0 Å². The minimum Gasteiger partial charge on any atom is -0.454 e. The van der Waals surface area contributed by atoms with Gasteiger partial charge in [-0.15, -0.1) is 0 Å². The van der Waals surface area contributed by atoms with Gasteiger partial charge in [0.2, 0.25) is 0 Å². The van der Waals surface area contributed by atoms with E-state index in [0.29, 0.717) is 24.0 Å². The molecular formula is C20H23BrO3. The molecule has 1 atom stereocenters. The Balaban J connectivity index is 2.10. The van der Waals surface area contributed by atoms with Crippen molar-refractivity contribution in [2.75, 3.05) is 0 Å². The van der Waals surface area contributed by atoms with Crippen LogP contribution in [-0.4, -0.2) is 17.9 Å². The average Bonchev–Trinajstić information content (AvgIpc) is 2.58. The fraction of sp³-hybridized carbons (Fsp3) is 0.400. The first-order chi connectivity index (χ1) is 11.6. The molecule has 0 radical (unpaired) electrons. The maximum absolute atomic E-state index is 12.4. The first-order valence-corrected chi connectivity index (χ1v) is 9.26. The summed E-state index contributed by atoms with van der Waals surface area (Å²) in [6.07, 6.45) is 10.3. The molecule has 0 aliphatic heterocycles. The van der Waals surface area contributed by atoms with Gasteiger partial charge in [0.25, 0.3) is 0 Å². The topological polar surface area (TPSA) is 43.4 Å². The SMILES string of the molecule is CC/C=C\CC[C@H](OC(=O)c1ccc(Br)cc1)C1=CCCCC1=O. The summed E-state index contributed by atoms with van der Waals surface area (Å²) >= 11 is 3.35. The lowest BCUT2D eigenvalue weighted by Gasteiger charge is -2.22. The molecule has 1 aliphatic carbocycles. The molecule has 0 unspecified atom stereocenters. The second-order valence-electron chi connectivity index (χ2n) is 5.83. The molecule has 1 aromatic rings. The molecule has 0 aromatic heterocycles. The highest BCUT2D eigenvalue weighted by atomic mass is 79.9. The molecule has 3 nitrogen and oxygen atoms in total. The molecule has 4 heteroatoms. The lowest BCUT2D eigenvalue weighted by atomic mass is 9.92. The quantitative estimate of drug-likeness (QED) is 0.462. The Morgan fingerprint density at radius 1 is 1.29 bits per heavy atom. The van der Waals surface area contributed by atoms with Crippen LogP contribution in [0.1, 0.15) is 55.8 Å². The Morgan fingerprint density at radius 3 is 2.71 bits per heavy atom. The van der Waals surface area contributed by atoms with Crippen molar-refractivity contribution in [3.63, 3.8) is 0 Å². The second-order valence-corrected chi connectivity index (χ2v) is 6.75. The Morgan fingerprint density at radius 2 is 2.04 bits per heavy atom. The predicted molar refractivity (Wildman–Crippen MR) is 99.0 cm³/mol. The van der Waals surface area contributed by atoms with Crippen LogP contribution in [0.4, 0.5) is 0 Å². The highest BCUT2D eigenvalue weighted by Gasteiger charge is 2.26. The number of allylic oxidation sites excluding steroid dienone is 3. The zero-order valence-electron chi connectivity index (χ0n) is 14.0. The predicted octanol–water partition coefficient (Wildman–Crippen LogP) is 5.40. The molecule has 1 aromatic carbocycles. The number of Topliss-reactive ketones (excluding diaryl/α,β-unsaturated/α-hetero) is 1. The first-order valence-electron chi connectivity index (χ1n) is 8.46. The van der Waals surface area contributed by atoms with Crippen molar-refractivity contribution in [2.24, 2.45) is 0 Å². The molecule has 2 rings (SSSR count). The minimum atomic E-state index is -0.463. The molecule has 24 heavy (non-hydrogen) atoms. The summed E-state index contributed by atoms with van der Waals surface area (Å²) in [5, 5.41) is 0. The molecular weight excluding hydrogens is 368 g/mol. The number of hydrogen-bond donors (Lipinski definition) is 0. The van der Waals surface area contributed by atoms with Crippen LogP contribution in [0.2, 0.25) is 0 Å². The number of rotatable bonds is 7. The van der Waals surface area contributed by atoms with E-state index in [1.807, 2.05) is 6.08 Å². The third-order valence-electron chi connectivity index (χ3n) is 3.97. The Labute approximate surface area is 151 Å². The smallest absolute Gasteiger partial charge is 0.338 e. The van der Waals surface area contributed by atoms with Crippen LogP contribution in [0.5, 0.6) is 0 Å². The van der Waals surface area contributed by atoms with E-state index in [-0.39, 0.29) is 11.8 Å². The van der Waals surface area contributed by atoms with Gasteiger partial charge in [-0.05, 0) is 56.4 Å². The Hall–Kier alpha value is -1.68. The monoisotopic (exact) mass is 390 g/mol. The van der Waals surface area contributed by atoms with Crippen LogP contribution in [0, 0.1) is 0 Å². The van der Waals surface area contributed by atoms with Crippen LogP contribution in [-0.2, 0) is 9.53 Å². The molecule has 0 heterocycles. The normalized spacial score (nSPS) is 16.1. The van der Waals surface area contributed by atoms with Crippen LogP contribution in [0.25, 0.3) is 0 Å². The lowest BCUT2D eigenvalue weighted by molar-refractivity contribution is -0.117. The summed E-state index contributed by atoms with van der Waals surface area (Å²) < 4.78 is 6.60. The van der Waals surface area contributed by atoms with Gasteiger partial charge in [-0.3, -0.25) is 4.79 Å². The van der Waals surface area contributed by atoms with E-state index >= 15 is 0 Å². The Bertz CT molecular complexity index is 629. The van der Waals surface area contributed by atoms with Crippen molar-refractivity contribution in [2.45, 2.75) is 51.6 Å². The van der Waals surface area contributed by atoms with Gasteiger partial charge in [0.1, 0.15) is 6.10 Å². The molecule has 0 saturated carbocycles. The maximum atomic E-state index is 12.4. The molecule has 1 aliphatic rings. The van der Waals surface area contributed by atoms with Gasteiger partial charge >= 0.3 is 5.97 Å². The molecule has 0 bridgehead atoms. The summed E-state index contributed by atoms with van der Waals surface area (Å²) in [6, 6.07) is 7.05. The highest BCUT2D eigenvalue weighted by molar-refractivity contribution is 9.10. The zero-order valence-corrected chi connectivity index (χ0v) is 15.6. The molecule has 0 fully saturated rings. The fourth-order valence-corrected chi connectivity index (χ4v) is 2.95. The number of ketones is 1. The number of esters is 1. The lowest BCUT2D eigenvalue weighted by Crippen LogP contribution is -2.26. The standard InChI is InChI=1S/C20H23BrO3/c1-2-3-4-5-10-19(17-8-6-7-9-18(17)22)24-20(23)15-11-13-16(21)14-12-15/h3-4,8,11-14,19H,2,5-7,9-10H2,1H3/b4-3-/t19-/m0/s1. The van der Waals surface area contributed by atoms with Crippen LogP contribution in [0.3, 0.4) is 0 Å². The number of benzene rings is 1. The number of ether oxygens (including phenoxy) is 1. The van der Waals surface area contributed by atoms with Crippen LogP contribution < -0.4 is 0 Å². The minimum absolute atomic E-state index is 0.106. The van der Waals surface area contributed by atoms with Crippen molar-refractivity contribution in [1.82, 2.24) is 0 Å². The molecule has 0 spiro atoms. The van der Waals surface area contributed by atoms with Crippen LogP contribution in [0.15, 0.2) is 52.5 Å². The van der Waals surface area contributed by atoms with E-state index in [4.69, 9.17) is 4.74 Å². The van der Waals surface area contributed by atoms with Crippen molar-refractivity contribution < 1.29 is 14.3 Å². The van der Waals surface area contributed by atoms with Crippen molar-refractivity contribution >= 4 is 27.7 Å². The molecule has 128 valence electrons. The van der Waals surface area contributed by atoms with E-state index < -0.39 is 6.10 Å². The summed E-state index contributed by atoms with van der Waals surface area (Å²) in [5.74, 6) is -0.277. The summed E-state index contributed by atoms with van der Waals surface area (Å²) in [4.78, 5) is 24.6. The Kier molecular flexibility index (Phi) is 7.44. The van der Waals surface area contributed by atoms with Crippen LogP contribution >= 0.6 is 15.9 Å². The summed E-state index contributed by atoms with van der Waals surface area (Å²) in [5.41, 5.74) is 1.16. The van der Waals surface area contributed by atoms with E-state index in [9.17, 15) is 9.59 Å². The fourth-order valence-electron chi connectivity index (χ4n) is 2.68. The van der Waals surface area contributed by atoms with Gasteiger partial charge in [0.05, 0.1) is 5.56 Å². The van der Waals surface area contributed by atoms with Gasteiger partial charge in [-0.1, -0.05) is 41.1 Å². The molecule has 0 saturated heterocycles. The van der Waals surface area contributed by atoms with Gasteiger partial charge in [-0.25, -0.2) is 4.79 Å². The zero-order chi connectivity index (χ0) is 17.4.